The van der Waals surface area contributed by atoms with Gasteiger partial charge in [-0.25, -0.2) is 15.0 Å². The summed E-state index contributed by atoms with van der Waals surface area (Å²) in [5.41, 5.74) is 21.7. The molecule has 0 aliphatic heterocycles. The van der Waals surface area contributed by atoms with Crippen molar-refractivity contribution in [2.45, 2.75) is 0 Å². The van der Waals surface area contributed by atoms with Crippen molar-refractivity contribution in [3.63, 3.8) is 0 Å². The third-order valence-corrected chi connectivity index (χ3v) is 36.5. The molecule has 0 saturated heterocycles. The highest BCUT2D eigenvalue weighted by molar-refractivity contribution is 7.86. The number of benzene rings is 21. The third-order valence-electron chi connectivity index (χ3n) is 27.3. The second-order valence-electron chi connectivity index (χ2n) is 35.1. The Morgan fingerprint density at radius 1 is 0.146 bits per heavy atom. The van der Waals surface area contributed by atoms with Gasteiger partial charge in [0.1, 0.15) is 16.9 Å². The SMILES string of the molecule is O=P(c1ccccc1)(c1ccccc1)c1ccc(-c2ccc3c4ccccc4c4nc5ccccc5n4c3c2)cc1.O=P(c1ccccc1)(c1ccccc1)c1ccc2cc(-c3ccc(-c4ccc5c6ccccc6n6c7ccccc7nc6c5c4)cc3)ccc2c1.O=P(c1ccccc1)(c1ccccc1)c1ccc2cc(-c3ccc4c5ccccc5c5nc6ccccc6n5c4c3)ccc2c1. The van der Waals surface area contributed by atoms with Gasteiger partial charge in [-0.15, -0.1) is 0 Å². The summed E-state index contributed by atoms with van der Waals surface area (Å²) in [6.07, 6.45) is 0. The van der Waals surface area contributed by atoms with E-state index < -0.39 is 21.4 Å². The maximum Gasteiger partial charge on any atom is 0.171 e. The zero-order valence-corrected chi connectivity index (χ0v) is 76.9. The molecule has 0 radical (unpaired) electrons. The molecule has 0 saturated carbocycles. The Kier molecular flexibility index (Phi) is 20.2. The highest BCUT2D eigenvalue weighted by Crippen LogP contribution is 2.48. The zero-order chi connectivity index (χ0) is 91.3. The van der Waals surface area contributed by atoms with Crippen LogP contribution in [0, 0.1) is 0 Å². The van der Waals surface area contributed by atoms with Crippen LogP contribution in [0.25, 0.3) is 181 Å². The molecule has 0 N–H and O–H groups in total. The fourth-order valence-corrected chi connectivity index (χ4v) is 28.6. The van der Waals surface area contributed by atoms with Crippen LogP contribution in [0.4, 0.5) is 0 Å². The Bertz CT molecular complexity index is 9510. The number of fused-ring (bicyclic) bond motifs is 26. The lowest BCUT2D eigenvalue weighted by molar-refractivity contribution is 0.591. The minimum atomic E-state index is -3.04. The predicted molar refractivity (Wildman–Crippen MR) is 578 cm³/mol. The first kappa shape index (κ1) is 82.2. The van der Waals surface area contributed by atoms with E-state index in [4.69, 9.17) is 15.0 Å². The van der Waals surface area contributed by atoms with Crippen LogP contribution in [-0.2, 0) is 13.7 Å². The Hall–Kier alpha value is -16.8. The summed E-state index contributed by atoms with van der Waals surface area (Å²) in [5, 5.41) is 22.6. The maximum absolute atomic E-state index is 14.9. The lowest BCUT2D eigenvalue weighted by atomic mass is 9.96. The first-order valence-corrected chi connectivity index (χ1v) is 51.3. The van der Waals surface area contributed by atoms with Crippen LogP contribution >= 0.6 is 21.4 Å². The largest absolute Gasteiger partial charge is 0.309 e. The maximum atomic E-state index is 14.9. The van der Waals surface area contributed by atoms with Gasteiger partial charge in [0, 0.05) is 80.1 Å². The summed E-state index contributed by atoms with van der Waals surface area (Å²) in [6.45, 7) is 0. The second kappa shape index (κ2) is 33.8. The topological polar surface area (TPSA) is 103 Å². The molecule has 21 aromatic carbocycles. The van der Waals surface area contributed by atoms with E-state index in [1.54, 1.807) is 0 Å². The Morgan fingerprint density at radius 3 is 0.766 bits per heavy atom. The minimum Gasteiger partial charge on any atom is -0.309 e. The number of pyridine rings is 3. The summed E-state index contributed by atoms with van der Waals surface area (Å²) in [5.74, 6) is 0. The zero-order valence-electron chi connectivity index (χ0n) is 74.2. The number of hydrogen-bond donors (Lipinski definition) is 0. The molecule has 9 nitrogen and oxygen atoms in total. The molecule has 27 rings (SSSR count). The third kappa shape index (κ3) is 14.0. The predicted octanol–water partition coefficient (Wildman–Crippen LogP) is 28.3. The molecule has 0 spiro atoms. The smallest absolute Gasteiger partial charge is 0.171 e. The van der Waals surface area contributed by atoms with E-state index in [0.717, 1.165) is 191 Å². The normalized spacial score (nSPS) is 12.0. The summed E-state index contributed by atoms with van der Waals surface area (Å²) in [6, 6.07) is 173. The molecular formula is C125H83N6O3P3. The highest BCUT2D eigenvalue weighted by Gasteiger charge is 2.34. The lowest BCUT2D eigenvalue weighted by Gasteiger charge is -2.20. The fraction of sp³-hybridized carbons (Fsp3) is 0. The van der Waals surface area contributed by atoms with E-state index in [1.807, 2.05) is 218 Å². The van der Waals surface area contributed by atoms with Crippen molar-refractivity contribution in [2.75, 3.05) is 0 Å². The van der Waals surface area contributed by atoms with Crippen molar-refractivity contribution >= 4 is 206 Å². The van der Waals surface area contributed by atoms with Crippen LogP contribution in [0.1, 0.15) is 0 Å². The summed E-state index contributed by atoms with van der Waals surface area (Å²) >= 11 is 0. The van der Waals surface area contributed by atoms with E-state index in [0.29, 0.717) is 0 Å². The highest BCUT2D eigenvalue weighted by atomic mass is 31.2. The quantitative estimate of drug-likeness (QED) is 0.0842. The van der Waals surface area contributed by atoms with Crippen LogP contribution in [0.2, 0.25) is 0 Å². The van der Waals surface area contributed by atoms with Gasteiger partial charge in [-0.2, -0.15) is 0 Å². The van der Waals surface area contributed by atoms with E-state index in [-0.39, 0.29) is 0 Å². The van der Waals surface area contributed by atoms with Crippen molar-refractivity contribution < 1.29 is 13.7 Å². The van der Waals surface area contributed by atoms with Crippen LogP contribution in [0.3, 0.4) is 0 Å². The molecule has 0 fully saturated rings. The van der Waals surface area contributed by atoms with Gasteiger partial charge in [0.25, 0.3) is 0 Å². The van der Waals surface area contributed by atoms with E-state index in [9.17, 15) is 13.7 Å². The fourth-order valence-electron chi connectivity index (χ4n) is 20.6. The number of para-hydroxylation sites is 7. The molecule has 137 heavy (non-hydrogen) atoms. The van der Waals surface area contributed by atoms with Gasteiger partial charge in [-0.1, -0.05) is 419 Å². The standard InChI is InChI=1S/C47H31N2OP.C41H27N2OP.C37H25N2OP/c50-51(38-11-3-1-4-12-38,39-13-5-2-6-14-39)40-27-25-35-29-34(23-24-36(35)30-40)32-19-21-33(22-20-32)37-26-28-41-42-15-7-9-17-45(42)49-46-18-10-8-16-44(46)48-47(49)43(41)31-37;44-45(32-11-3-1-4-12-32,33-13-5-2-6-14-33)34-23-21-29-25-28(19-20-30(29)26-34)31-22-24-36-35-15-7-8-16-37(35)41-42-38-17-9-10-18-39(38)43(41)40(36)27-31;40-41(28-11-3-1-4-12-28,29-13-5-2-6-14-29)30-22-19-26(20-23-30)27-21-24-32-31-15-7-8-16-33(31)37-38-34-17-9-10-18-35(34)39(37)36(32)25-27/h1-31H;1-27H;1-25H. The van der Waals surface area contributed by atoms with Crippen LogP contribution in [0.5, 0.6) is 0 Å². The van der Waals surface area contributed by atoms with Crippen molar-refractivity contribution in [1.29, 1.82) is 0 Å². The summed E-state index contributed by atoms with van der Waals surface area (Å²) < 4.78 is 51.5. The summed E-state index contributed by atoms with van der Waals surface area (Å²) in [4.78, 5) is 15.2. The van der Waals surface area contributed by atoms with Gasteiger partial charge in [0.15, 0.2) is 21.4 Å². The molecule has 6 heterocycles. The number of aromatic nitrogens is 6. The molecule has 12 heteroatoms. The molecule has 0 aliphatic rings. The average molecular weight is 1810 g/mol. The second-order valence-corrected chi connectivity index (χ2v) is 43.4. The van der Waals surface area contributed by atoms with E-state index in [1.165, 1.54) is 37.8 Å². The van der Waals surface area contributed by atoms with Gasteiger partial charge in [-0.3, -0.25) is 13.2 Å². The van der Waals surface area contributed by atoms with Gasteiger partial charge < -0.3 is 13.7 Å². The first-order chi connectivity index (χ1) is 67.5. The molecule has 6 aromatic heterocycles. The Labute approximate surface area is 790 Å². The van der Waals surface area contributed by atoms with Gasteiger partial charge in [-0.05, 0) is 167 Å². The van der Waals surface area contributed by atoms with Crippen molar-refractivity contribution in [3.05, 3.63) is 504 Å². The average Bonchev–Trinajstić information content (AvgIpc) is 1.59. The lowest BCUT2D eigenvalue weighted by Crippen LogP contribution is -2.24. The molecule has 0 unspecified atom stereocenters. The van der Waals surface area contributed by atoms with Crippen LogP contribution in [0.15, 0.2) is 504 Å². The Balaban J connectivity index is 0.000000110. The number of rotatable bonds is 13. The van der Waals surface area contributed by atoms with E-state index >= 15 is 0 Å². The molecule has 0 aliphatic carbocycles. The van der Waals surface area contributed by atoms with Crippen molar-refractivity contribution in [3.8, 4) is 44.5 Å². The molecular weight excluding hydrogens is 1730 g/mol. The van der Waals surface area contributed by atoms with Gasteiger partial charge >= 0.3 is 0 Å². The van der Waals surface area contributed by atoms with Crippen LogP contribution in [-0.4, -0.2) is 28.2 Å². The van der Waals surface area contributed by atoms with Gasteiger partial charge in [0.05, 0.1) is 49.7 Å². The van der Waals surface area contributed by atoms with E-state index in [2.05, 4.69) is 298 Å². The van der Waals surface area contributed by atoms with Crippen molar-refractivity contribution in [1.82, 2.24) is 28.2 Å². The van der Waals surface area contributed by atoms with Crippen molar-refractivity contribution in [2.24, 2.45) is 0 Å². The summed E-state index contributed by atoms with van der Waals surface area (Å²) in [7, 11) is -9.10. The number of hydrogen-bond acceptors (Lipinski definition) is 6. The molecule has 27 aromatic rings. The number of imidazole rings is 3. The molecule has 0 amide bonds. The minimum absolute atomic E-state index is 0.827. The Morgan fingerprint density at radius 2 is 0.372 bits per heavy atom. The van der Waals surface area contributed by atoms with Gasteiger partial charge in [0.2, 0.25) is 0 Å². The molecule has 0 atom stereocenters. The monoisotopic (exact) mass is 1810 g/mol. The number of nitrogens with zero attached hydrogens (tertiary/aromatic N) is 6. The molecule has 0 bridgehead atoms. The first-order valence-electron chi connectivity index (χ1n) is 46.2. The van der Waals surface area contributed by atoms with Crippen LogP contribution < -0.4 is 47.7 Å². The molecule has 646 valence electrons.